The summed E-state index contributed by atoms with van der Waals surface area (Å²) in [6.45, 7) is 0. The lowest BCUT2D eigenvalue weighted by molar-refractivity contribution is 0.0651. The van der Waals surface area contributed by atoms with E-state index in [1.165, 1.54) is 24.8 Å². The highest BCUT2D eigenvalue weighted by atomic mass is 16.3. The number of benzene rings is 1. The number of nitrogen functional groups attached to an aromatic ring is 1. The molecule has 2 aliphatic carbocycles. The summed E-state index contributed by atoms with van der Waals surface area (Å²) in [6, 6.07) is 5.96. The molecule has 3 N–H and O–H groups in total. The summed E-state index contributed by atoms with van der Waals surface area (Å²) in [5.74, 6) is 1.07. The normalized spacial score (nSPS) is 33.5. The molecular weight excluding hydrogens is 186 g/mol. The second kappa shape index (κ2) is 3.24. The van der Waals surface area contributed by atoms with Crippen LogP contribution in [0.15, 0.2) is 18.2 Å². The average molecular weight is 203 g/mol. The molecule has 3 rings (SSSR count). The first-order valence-electron chi connectivity index (χ1n) is 5.83. The number of hydrogen-bond donors (Lipinski definition) is 2. The van der Waals surface area contributed by atoms with Crippen LogP contribution in [0.2, 0.25) is 0 Å². The molecule has 1 saturated carbocycles. The van der Waals surface area contributed by atoms with Crippen LogP contribution < -0.4 is 5.73 Å². The number of nitrogens with two attached hydrogens (primary N) is 1. The van der Waals surface area contributed by atoms with Gasteiger partial charge in [-0.2, -0.15) is 0 Å². The molecule has 1 aromatic rings. The van der Waals surface area contributed by atoms with Gasteiger partial charge in [0.05, 0.1) is 6.10 Å². The van der Waals surface area contributed by atoms with Crippen molar-refractivity contribution < 1.29 is 5.11 Å². The smallest absolute Gasteiger partial charge is 0.0821 e. The third kappa shape index (κ3) is 1.28. The predicted molar refractivity (Wildman–Crippen MR) is 60.5 cm³/mol. The maximum atomic E-state index is 10.2. The molecule has 0 saturated heterocycles. The van der Waals surface area contributed by atoms with Gasteiger partial charge in [0.1, 0.15) is 0 Å². The van der Waals surface area contributed by atoms with Crippen LogP contribution in [0.4, 0.5) is 5.69 Å². The van der Waals surface area contributed by atoms with Crippen LogP contribution in [0.5, 0.6) is 0 Å². The Morgan fingerprint density at radius 1 is 1.27 bits per heavy atom. The molecule has 0 aliphatic heterocycles. The Hall–Kier alpha value is -1.02. The van der Waals surface area contributed by atoms with Crippen LogP contribution >= 0.6 is 0 Å². The van der Waals surface area contributed by atoms with Crippen molar-refractivity contribution in [1.29, 1.82) is 0 Å². The second-order valence-electron chi connectivity index (χ2n) is 4.92. The summed E-state index contributed by atoms with van der Waals surface area (Å²) in [6.07, 6.45) is 4.50. The Balaban J connectivity index is 2.16. The first-order valence-corrected chi connectivity index (χ1v) is 5.83. The zero-order valence-corrected chi connectivity index (χ0v) is 8.82. The molecule has 2 bridgehead atoms. The molecular formula is C13H17NO. The van der Waals surface area contributed by atoms with Gasteiger partial charge in [0.15, 0.2) is 0 Å². The quantitative estimate of drug-likeness (QED) is 0.637. The molecule has 0 heterocycles. The van der Waals surface area contributed by atoms with Crippen molar-refractivity contribution in [2.75, 3.05) is 5.73 Å². The fourth-order valence-electron chi connectivity index (χ4n) is 3.36. The largest absolute Gasteiger partial charge is 0.398 e. The van der Waals surface area contributed by atoms with Gasteiger partial charge >= 0.3 is 0 Å². The van der Waals surface area contributed by atoms with Gasteiger partial charge in [-0.1, -0.05) is 18.6 Å². The van der Waals surface area contributed by atoms with E-state index in [2.05, 4.69) is 0 Å². The van der Waals surface area contributed by atoms with Crippen LogP contribution in [-0.2, 0) is 0 Å². The van der Waals surface area contributed by atoms with E-state index < -0.39 is 0 Å². The third-order valence-electron chi connectivity index (χ3n) is 4.06. The van der Waals surface area contributed by atoms with Crippen LogP contribution in [-0.4, -0.2) is 5.11 Å². The van der Waals surface area contributed by atoms with E-state index in [0.29, 0.717) is 11.8 Å². The van der Waals surface area contributed by atoms with E-state index in [1.807, 2.05) is 18.2 Å². The van der Waals surface area contributed by atoms with Gasteiger partial charge in [0, 0.05) is 5.69 Å². The second-order valence-corrected chi connectivity index (χ2v) is 4.92. The molecule has 1 aromatic carbocycles. The van der Waals surface area contributed by atoms with Crippen LogP contribution in [0.1, 0.15) is 48.8 Å². The number of anilines is 1. The zero-order chi connectivity index (χ0) is 10.4. The minimum Gasteiger partial charge on any atom is -0.398 e. The number of aliphatic hydroxyl groups is 1. The standard InChI is InChI=1S/C13H17NO/c14-11-6-2-5-10-12(11)8-3-1-4-9(7-8)13(10)15/h2,5-6,8-9,13,15H,1,3-4,7,14H2. The Morgan fingerprint density at radius 3 is 3.00 bits per heavy atom. The summed E-state index contributed by atoms with van der Waals surface area (Å²) < 4.78 is 0. The minimum atomic E-state index is -0.278. The highest BCUT2D eigenvalue weighted by Gasteiger charge is 2.37. The van der Waals surface area contributed by atoms with Gasteiger partial charge in [-0.15, -0.1) is 0 Å². The van der Waals surface area contributed by atoms with Gasteiger partial charge in [-0.3, -0.25) is 0 Å². The Kier molecular flexibility index (Phi) is 1.99. The summed E-state index contributed by atoms with van der Waals surface area (Å²) in [5, 5.41) is 10.2. The SMILES string of the molecule is Nc1cccc2c1C1CCCC(C1)C2O. The molecule has 0 radical (unpaired) electrons. The molecule has 3 unspecified atom stereocenters. The van der Waals surface area contributed by atoms with Crippen LogP contribution in [0.25, 0.3) is 0 Å². The summed E-state index contributed by atoms with van der Waals surface area (Å²) in [5.41, 5.74) is 9.23. The van der Waals surface area contributed by atoms with Crippen molar-refractivity contribution in [3.63, 3.8) is 0 Å². The highest BCUT2D eigenvalue weighted by Crippen LogP contribution is 2.50. The monoisotopic (exact) mass is 203 g/mol. The Morgan fingerprint density at radius 2 is 2.13 bits per heavy atom. The minimum absolute atomic E-state index is 0.278. The van der Waals surface area contributed by atoms with E-state index in [0.717, 1.165) is 17.7 Å². The molecule has 0 spiro atoms. The van der Waals surface area contributed by atoms with E-state index in [4.69, 9.17) is 5.73 Å². The number of rotatable bonds is 0. The number of hydrogen-bond acceptors (Lipinski definition) is 2. The average Bonchev–Trinajstić information content (AvgIpc) is 2.26. The first-order chi connectivity index (χ1) is 7.27. The Labute approximate surface area is 90.1 Å². The number of fused-ring (bicyclic) bond motifs is 4. The lowest BCUT2D eigenvalue weighted by Crippen LogP contribution is -2.28. The van der Waals surface area contributed by atoms with E-state index in [1.54, 1.807) is 0 Å². The molecule has 3 atom stereocenters. The summed E-state index contributed by atoms with van der Waals surface area (Å²) >= 11 is 0. The van der Waals surface area contributed by atoms with Crippen LogP contribution in [0, 0.1) is 5.92 Å². The molecule has 15 heavy (non-hydrogen) atoms. The zero-order valence-electron chi connectivity index (χ0n) is 8.82. The van der Waals surface area contributed by atoms with Gasteiger partial charge in [-0.25, -0.2) is 0 Å². The van der Waals surface area contributed by atoms with E-state index >= 15 is 0 Å². The lowest BCUT2D eigenvalue weighted by atomic mass is 9.67. The predicted octanol–water partition coefficient (Wildman–Crippen LogP) is 2.59. The van der Waals surface area contributed by atoms with Crippen LogP contribution in [0.3, 0.4) is 0 Å². The molecule has 0 aromatic heterocycles. The molecule has 80 valence electrons. The van der Waals surface area contributed by atoms with Gasteiger partial charge in [0.25, 0.3) is 0 Å². The molecule has 1 fully saturated rings. The fourth-order valence-corrected chi connectivity index (χ4v) is 3.36. The number of aliphatic hydroxyl groups excluding tert-OH is 1. The Bertz CT molecular complexity index is 388. The summed E-state index contributed by atoms with van der Waals surface area (Å²) in [7, 11) is 0. The summed E-state index contributed by atoms with van der Waals surface area (Å²) in [4.78, 5) is 0. The van der Waals surface area contributed by atoms with E-state index in [-0.39, 0.29) is 6.10 Å². The van der Waals surface area contributed by atoms with Crippen molar-refractivity contribution >= 4 is 5.69 Å². The van der Waals surface area contributed by atoms with Crippen molar-refractivity contribution in [1.82, 2.24) is 0 Å². The van der Waals surface area contributed by atoms with Gasteiger partial charge < -0.3 is 10.8 Å². The molecule has 2 nitrogen and oxygen atoms in total. The fraction of sp³-hybridized carbons (Fsp3) is 0.538. The maximum absolute atomic E-state index is 10.2. The van der Waals surface area contributed by atoms with E-state index in [9.17, 15) is 5.11 Å². The van der Waals surface area contributed by atoms with Gasteiger partial charge in [0.2, 0.25) is 0 Å². The topological polar surface area (TPSA) is 46.2 Å². The van der Waals surface area contributed by atoms with Gasteiger partial charge in [-0.05, 0) is 48.3 Å². The van der Waals surface area contributed by atoms with Crippen molar-refractivity contribution in [2.45, 2.75) is 37.7 Å². The van der Waals surface area contributed by atoms with Crippen molar-refractivity contribution in [3.8, 4) is 0 Å². The molecule has 0 amide bonds. The van der Waals surface area contributed by atoms with Crippen molar-refractivity contribution in [3.05, 3.63) is 29.3 Å². The first kappa shape index (κ1) is 9.22. The highest BCUT2D eigenvalue weighted by molar-refractivity contribution is 5.55. The lowest BCUT2D eigenvalue weighted by Gasteiger charge is -2.40. The third-order valence-corrected chi connectivity index (χ3v) is 4.06. The molecule has 2 heteroatoms. The molecule has 2 aliphatic rings. The maximum Gasteiger partial charge on any atom is 0.0821 e. The van der Waals surface area contributed by atoms with Crippen molar-refractivity contribution in [2.24, 2.45) is 5.92 Å².